The van der Waals surface area contributed by atoms with Crippen molar-refractivity contribution in [2.45, 2.75) is 27.7 Å². The molecule has 0 fully saturated rings. The third-order valence-corrected chi connectivity index (χ3v) is 8.69. The average molecular weight is 372 g/mol. The van der Waals surface area contributed by atoms with Crippen LogP contribution in [0, 0.1) is 27.7 Å². The largest absolute Gasteiger partial charge is 0.516 e. The summed E-state index contributed by atoms with van der Waals surface area (Å²) >= 11 is 0. The summed E-state index contributed by atoms with van der Waals surface area (Å²) < 4.78 is 0. The van der Waals surface area contributed by atoms with Crippen LogP contribution >= 0.6 is 16.4 Å². The maximum atomic E-state index is 2.29. The molecule has 2 aromatic carbocycles. The van der Waals surface area contributed by atoms with E-state index in [1.54, 1.807) is 0 Å². The molecule has 0 aliphatic carbocycles. The molecule has 0 nitrogen and oxygen atoms in total. The zero-order valence-corrected chi connectivity index (χ0v) is 17.5. The second-order valence-electron chi connectivity index (χ2n) is 6.85. The lowest BCUT2D eigenvalue weighted by molar-refractivity contribution is 1.38. The normalized spacial score (nSPS) is 11.7. The van der Waals surface area contributed by atoms with Gasteiger partial charge in [-0.25, -0.2) is 10.6 Å². The van der Waals surface area contributed by atoms with Gasteiger partial charge in [0.2, 0.25) is 0 Å². The number of rotatable bonds is 3. The molecule has 0 bridgehead atoms. The lowest BCUT2D eigenvalue weighted by Crippen LogP contribution is -1.80. The summed E-state index contributed by atoms with van der Waals surface area (Å²) in [6, 6.07) is 21.6. The first kappa shape index (κ1) is 17.4. The molecule has 4 aromatic rings. The minimum atomic E-state index is 1.35. The highest BCUT2D eigenvalue weighted by Crippen LogP contribution is 2.52. The van der Waals surface area contributed by atoms with Gasteiger partial charge in [-0.1, -0.05) is 82.9 Å². The molecule has 0 amide bonds. The Kier molecular flexibility index (Phi) is 4.66. The van der Waals surface area contributed by atoms with E-state index in [9.17, 15) is 0 Å². The van der Waals surface area contributed by atoms with Gasteiger partial charge in [0.15, 0.2) is 0 Å². The first-order chi connectivity index (χ1) is 12.6. The van der Waals surface area contributed by atoms with E-state index in [0.29, 0.717) is 0 Å². The molecule has 0 aliphatic heterocycles. The highest BCUT2D eigenvalue weighted by molar-refractivity contribution is 7.44. The molecule has 0 spiro atoms. The minimum absolute atomic E-state index is 1.35. The fraction of sp³-hybridized carbons (Fsp3) is 0.167. The van der Waals surface area contributed by atoms with Crippen LogP contribution in [0.3, 0.4) is 0 Å². The Hall–Kier alpha value is -2.00. The molecule has 4 rings (SSSR count). The van der Waals surface area contributed by atoms with Crippen LogP contribution in [-0.4, -0.2) is 0 Å². The molecular weight excluding hydrogens is 350 g/mol. The number of benzene rings is 2. The van der Waals surface area contributed by atoms with Crippen molar-refractivity contribution >= 4 is 16.4 Å². The average Bonchev–Trinajstić information content (AvgIpc) is 3.14. The van der Waals surface area contributed by atoms with Gasteiger partial charge in [0, 0.05) is 0 Å². The monoisotopic (exact) mass is 372 g/mol. The molecule has 0 atom stereocenters. The van der Waals surface area contributed by atoms with Crippen molar-refractivity contribution in [2.75, 3.05) is 0 Å². The summed E-state index contributed by atoms with van der Waals surface area (Å²) in [5.41, 5.74) is 8.48. The topological polar surface area (TPSA) is 0 Å². The fourth-order valence-corrected chi connectivity index (χ4v) is 6.68. The van der Waals surface area contributed by atoms with Crippen LogP contribution in [-0.2, 0) is 0 Å². The summed E-state index contributed by atoms with van der Waals surface area (Å²) in [4.78, 5) is 0. The second-order valence-corrected chi connectivity index (χ2v) is 9.09. The fourth-order valence-electron chi connectivity index (χ4n) is 3.48. The summed E-state index contributed by atoms with van der Waals surface area (Å²) in [5.74, 6) is 0. The molecule has 2 aromatic heterocycles. The van der Waals surface area contributed by atoms with Gasteiger partial charge in [-0.05, 0) is 38.8 Å². The number of hydrogen-bond acceptors (Lipinski definition) is 0. The van der Waals surface area contributed by atoms with Crippen LogP contribution in [0.4, 0.5) is 0 Å². The second kappa shape index (κ2) is 6.96. The quantitative estimate of drug-likeness (QED) is 0.338. The first-order valence-corrected chi connectivity index (χ1v) is 10.8. The molecule has 2 heteroatoms. The Morgan fingerprint density at radius 3 is 1.08 bits per heavy atom. The lowest BCUT2D eigenvalue weighted by atomic mass is 10.0. The summed E-state index contributed by atoms with van der Waals surface area (Å²) in [6.45, 7) is 9.13. The maximum Gasteiger partial charge on any atom is -0.0416 e. The predicted octanol–water partition coefficient (Wildman–Crippen LogP) is 8.52. The van der Waals surface area contributed by atoms with E-state index in [2.05, 4.69) is 88.4 Å². The first-order valence-electron chi connectivity index (χ1n) is 8.97. The third kappa shape index (κ3) is 2.88. The Bertz CT molecular complexity index is 963. The van der Waals surface area contributed by atoms with Gasteiger partial charge >= 0.3 is 0 Å². The summed E-state index contributed by atoms with van der Waals surface area (Å²) in [7, 11) is 2.70. The predicted molar refractivity (Wildman–Crippen MR) is 118 cm³/mol. The van der Waals surface area contributed by atoms with Gasteiger partial charge < -0.3 is 16.4 Å². The van der Waals surface area contributed by atoms with Crippen LogP contribution in [0.5, 0.6) is 0 Å². The molecule has 26 heavy (non-hydrogen) atoms. The van der Waals surface area contributed by atoms with Crippen LogP contribution < -0.4 is 0 Å². The molecular formula is C24H22P2-2. The van der Waals surface area contributed by atoms with Crippen molar-refractivity contribution in [2.24, 2.45) is 0 Å². The van der Waals surface area contributed by atoms with E-state index >= 15 is 0 Å². The van der Waals surface area contributed by atoms with Crippen molar-refractivity contribution < 1.29 is 0 Å². The van der Waals surface area contributed by atoms with Crippen molar-refractivity contribution in [3.8, 4) is 32.3 Å². The SMILES string of the molecule is Cc1c(-c2ccccc2)[p-]c(-c2[p-]c(-c3ccccc3)c(C)c2C)c1C. The van der Waals surface area contributed by atoms with Crippen LogP contribution in [0.2, 0.25) is 0 Å². The Balaban J connectivity index is 1.87. The highest BCUT2D eigenvalue weighted by Gasteiger charge is 2.06. The Morgan fingerprint density at radius 1 is 0.423 bits per heavy atom. The lowest BCUT2D eigenvalue weighted by Gasteiger charge is -2.19. The van der Waals surface area contributed by atoms with Crippen LogP contribution in [0.1, 0.15) is 22.3 Å². The van der Waals surface area contributed by atoms with E-state index in [0.717, 1.165) is 0 Å². The van der Waals surface area contributed by atoms with E-state index in [-0.39, 0.29) is 0 Å². The Morgan fingerprint density at radius 2 is 0.731 bits per heavy atom. The molecule has 0 saturated carbocycles. The van der Waals surface area contributed by atoms with E-state index in [1.807, 2.05) is 0 Å². The standard InChI is InChI=1S/C24H22P2/c1-15-17(3)23(25-21(15)19-11-7-5-8-12-19)24-18(4)16(2)22(26-24)20-13-9-6-10-14-20/h5-14H,1-4H3/q-2. The van der Waals surface area contributed by atoms with Crippen LogP contribution in [0.15, 0.2) is 60.7 Å². The van der Waals surface area contributed by atoms with Crippen LogP contribution in [0.25, 0.3) is 32.3 Å². The van der Waals surface area contributed by atoms with Gasteiger partial charge in [0.25, 0.3) is 0 Å². The molecule has 0 N–H and O–H groups in total. The molecule has 0 unspecified atom stereocenters. The highest BCUT2D eigenvalue weighted by atomic mass is 31.0. The molecule has 0 aliphatic rings. The zero-order valence-electron chi connectivity index (χ0n) is 15.7. The van der Waals surface area contributed by atoms with Crippen molar-refractivity contribution in [1.29, 1.82) is 0 Å². The Labute approximate surface area is 159 Å². The van der Waals surface area contributed by atoms with Gasteiger partial charge in [-0.2, -0.15) is 10.6 Å². The zero-order chi connectivity index (χ0) is 18.3. The van der Waals surface area contributed by atoms with Gasteiger partial charge in [0.1, 0.15) is 0 Å². The van der Waals surface area contributed by atoms with Gasteiger partial charge in [0.05, 0.1) is 0 Å². The molecule has 0 saturated heterocycles. The van der Waals surface area contributed by atoms with Gasteiger partial charge in [-0.15, -0.1) is 0 Å². The van der Waals surface area contributed by atoms with Crippen molar-refractivity contribution in [3.05, 3.63) is 82.9 Å². The maximum absolute atomic E-state index is 2.29. The van der Waals surface area contributed by atoms with Crippen molar-refractivity contribution in [3.63, 3.8) is 0 Å². The summed E-state index contributed by atoms with van der Waals surface area (Å²) in [5, 5.41) is 5.93. The molecule has 0 radical (unpaired) electrons. The molecule has 2 heterocycles. The summed E-state index contributed by atoms with van der Waals surface area (Å²) in [6.07, 6.45) is 0. The van der Waals surface area contributed by atoms with Gasteiger partial charge in [-0.3, -0.25) is 0 Å². The smallest absolute Gasteiger partial charge is 0.0416 e. The van der Waals surface area contributed by atoms with Crippen molar-refractivity contribution in [1.82, 2.24) is 0 Å². The number of hydrogen-bond donors (Lipinski definition) is 0. The molecule has 130 valence electrons. The van der Waals surface area contributed by atoms with E-state index < -0.39 is 0 Å². The minimum Gasteiger partial charge on any atom is -0.516 e. The van der Waals surface area contributed by atoms with E-state index in [1.165, 1.54) is 70.9 Å². The van der Waals surface area contributed by atoms with E-state index in [4.69, 9.17) is 0 Å². The third-order valence-electron chi connectivity index (χ3n) is 5.31.